The summed E-state index contributed by atoms with van der Waals surface area (Å²) < 4.78 is 49.4. The van der Waals surface area contributed by atoms with Gasteiger partial charge in [0.05, 0.1) is 26.3 Å². The van der Waals surface area contributed by atoms with Gasteiger partial charge in [0.1, 0.15) is 28.7 Å². The third-order valence-electron chi connectivity index (χ3n) is 4.14. The van der Waals surface area contributed by atoms with E-state index < -0.39 is 29.0 Å². The van der Waals surface area contributed by atoms with Gasteiger partial charge in [0.2, 0.25) is 0 Å². The summed E-state index contributed by atoms with van der Waals surface area (Å²) in [5, 5.41) is 0.502. The third kappa shape index (κ3) is 4.00. The van der Waals surface area contributed by atoms with E-state index in [9.17, 15) is 18.4 Å². The summed E-state index contributed by atoms with van der Waals surface area (Å²) in [5.74, 6) is -4.36. The summed E-state index contributed by atoms with van der Waals surface area (Å²) >= 11 is 0. The zero-order valence-corrected chi connectivity index (χ0v) is 16.3. The number of methoxy groups -OCH3 is 2. The highest BCUT2D eigenvalue weighted by molar-refractivity contribution is 6.40. The first-order valence-corrected chi connectivity index (χ1v) is 8.78. The van der Waals surface area contributed by atoms with Gasteiger partial charge in [-0.1, -0.05) is 0 Å². The van der Waals surface area contributed by atoms with Crippen molar-refractivity contribution in [2.75, 3.05) is 20.8 Å². The molecule has 0 saturated carbocycles. The number of hydrogen-bond donors (Lipinski definition) is 0. The van der Waals surface area contributed by atoms with Crippen LogP contribution >= 0.6 is 0 Å². The van der Waals surface area contributed by atoms with E-state index in [-0.39, 0.29) is 18.1 Å². The van der Waals surface area contributed by atoms with Crippen LogP contribution in [-0.4, -0.2) is 37.6 Å². The van der Waals surface area contributed by atoms with E-state index in [1.54, 1.807) is 12.1 Å². The number of carbonyl (C=O) groups is 2. The Kier molecular flexibility index (Phi) is 6.10. The molecular formula is C21H17F2NO6. The SMILES string of the molecule is CCOC(=O)C(=O)c1c(F)cc(Oc2ccnc3cc(OC)c(OC)cc23)cc1F. The van der Waals surface area contributed by atoms with E-state index in [2.05, 4.69) is 9.72 Å². The number of esters is 1. The van der Waals surface area contributed by atoms with Crippen molar-refractivity contribution in [3.05, 3.63) is 53.7 Å². The van der Waals surface area contributed by atoms with E-state index in [0.29, 0.717) is 22.4 Å². The Morgan fingerprint density at radius 2 is 1.60 bits per heavy atom. The van der Waals surface area contributed by atoms with Gasteiger partial charge >= 0.3 is 5.97 Å². The molecule has 0 amide bonds. The summed E-state index contributed by atoms with van der Waals surface area (Å²) in [6, 6.07) is 6.36. The Balaban J connectivity index is 2.00. The molecule has 7 nitrogen and oxygen atoms in total. The number of benzene rings is 2. The Morgan fingerprint density at radius 3 is 2.20 bits per heavy atom. The lowest BCUT2D eigenvalue weighted by atomic mass is 10.1. The molecule has 3 aromatic rings. The van der Waals surface area contributed by atoms with Crippen molar-refractivity contribution in [3.8, 4) is 23.0 Å². The molecule has 1 aromatic heterocycles. The third-order valence-corrected chi connectivity index (χ3v) is 4.14. The van der Waals surface area contributed by atoms with Gasteiger partial charge in [-0.15, -0.1) is 0 Å². The summed E-state index contributed by atoms with van der Waals surface area (Å²) in [5.41, 5.74) is -0.507. The van der Waals surface area contributed by atoms with E-state index >= 15 is 0 Å². The smallest absolute Gasteiger partial charge is 0.379 e. The molecule has 0 N–H and O–H groups in total. The highest BCUT2D eigenvalue weighted by atomic mass is 19.1. The maximum Gasteiger partial charge on any atom is 0.379 e. The van der Waals surface area contributed by atoms with Crippen LogP contribution in [0.2, 0.25) is 0 Å². The minimum atomic E-state index is -1.41. The topological polar surface area (TPSA) is 84.0 Å². The minimum Gasteiger partial charge on any atom is -0.493 e. The van der Waals surface area contributed by atoms with Crippen molar-refractivity contribution in [2.45, 2.75) is 6.92 Å². The molecule has 0 unspecified atom stereocenters. The second-order valence-electron chi connectivity index (χ2n) is 5.95. The van der Waals surface area contributed by atoms with Gasteiger partial charge in [0.15, 0.2) is 11.5 Å². The second kappa shape index (κ2) is 8.73. The Morgan fingerprint density at radius 1 is 0.967 bits per heavy atom. The molecule has 1 heterocycles. The predicted molar refractivity (Wildman–Crippen MR) is 102 cm³/mol. The van der Waals surface area contributed by atoms with Crippen LogP contribution in [0, 0.1) is 11.6 Å². The molecule has 3 rings (SSSR count). The fourth-order valence-electron chi connectivity index (χ4n) is 2.79. The first-order valence-electron chi connectivity index (χ1n) is 8.78. The molecule has 0 radical (unpaired) electrons. The quantitative estimate of drug-likeness (QED) is 0.326. The maximum atomic E-state index is 14.4. The molecule has 0 atom stereocenters. The van der Waals surface area contributed by atoms with Gasteiger partial charge in [-0.3, -0.25) is 9.78 Å². The highest BCUT2D eigenvalue weighted by Crippen LogP contribution is 2.37. The molecule has 2 aromatic carbocycles. The van der Waals surface area contributed by atoms with Crippen LogP contribution < -0.4 is 14.2 Å². The van der Waals surface area contributed by atoms with E-state index in [1.165, 1.54) is 33.4 Å². The van der Waals surface area contributed by atoms with Gasteiger partial charge in [0.25, 0.3) is 5.78 Å². The van der Waals surface area contributed by atoms with Gasteiger partial charge < -0.3 is 18.9 Å². The van der Waals surface area contributed by atoms with Crippen molar-refractivity contribution < 1.29 is 37.3 Å². The molecule has 9 heteroatoms. The number of Topliss-reactive ketones (excluding diaryl/α,β-unsaturated/α-hetero) is 1. The van der Waals surface area contributed by atoms with Crippen LogP contribution in [-0.2, 0) is 9.53 Å². The molecule has 0 spiro atoms. The van der Waals surface area contributed by atoms with Crippen LogP contribution in [0.4, 0.5) is 8.78 Å². The van der Waals surface area contributed by atoms with Gasteiger partial charge in [-0.25, -0.2) is 13.6 Å². The summed E-state index contributed by atoms with van der Waals surface area (Å²) in [6.07, 6.45) is 1.45. The van der Waals surface area contributed by atoms with E-state index in [0.717, 1.165) is 12.1 Å². The molecule has 30 heavy (non-hydrogen) atoms. The molecule has 0 bridgehead atoms. The highest BCUT2D eigenvalue weighted by Gasteiger charge is 2.26. The number of aromatic nitrogens is 1. The van der Waals surface area contributed by atoms with Crippen molar-refractivity contribution in [1.29, 1.82) is 0 Å². The molecule has 0 aliphatic heterocycles. The molecular weight excluding hydrogens is 400 g/mol. The number of fused-ring (bicyclic) bond motifs is 1. The summed E-state index contributed by atoms with van der Waals surface area (Å²) in [7, 11) is 2.94. The fourth-order valence-corrected chi connectivity index (χ4v) is 2.79. The number of ether oxygens (including phenoxy) is 4. The largest absolute Gasteiger partial charge is 0.493 e. The number of ketones is 1. The van der Waals surface area contributed by atoms with Crippen LogP contribution in [0.25, 0.3) is 10.9 Å². The lowest BCUT2D eigenvalue weighted by molar-refractivity contribution is -0.137. The van der Waals surface area contributed by atoms with Gasteiger partial charge in [0, 0.05) is 29.8 Å². The van der Waals surface area contributed by atoms with Gasteiger partial charge in [-0.2, -0.15) is 0 Å². The first-order chi connectivity index (χ1) is 14.4. The second-order valence-corrected chi connectivity index (χ2v) is 5.95. The van der Waals surface area contributed by atoms with Gasteiger partial charge in [-0.05, 0) is 19.1 Å². The lowest BCUT2D eigenvalue weighted by Gasteiger charge is -2.13. The number of halogens is 2. The lowest BCUT2D eigenvalue weighted by Crippen LogP contribution is -2.20. The number of carbonyl (C=O) groups excluding carboxylic acids is 2. The van der Waals surface area contributed by atoms with Crippen LogP contribution in [0.1, 0.15) is 17.3 Å². The zero-order valence-electron chi connectivity index (χ0n) is 16.3. The molecule has 0 aliphatic carbocycles. The van der Waals surface area contributed by atoms with Crippen LogP contribution in [0.5, 0.6) is 23.0 Å². The van der Waals surface area contributed by atoms with E-state index in [1.807, 2.05) is 0 Å². The Hall–Kier alpha value is -3.75. The number of pyridine rings is 1. The standard InChI is InChI=1S/C21H17F2NO6/c1-4-29-21(26)20(25)19-13(22)7-11(8-14(19)23)30-16-5-6-24-15-10-18(28-3)17(27-2)9-12(15)16/h5-10H,4H2,1-3H3. The van der Waals surface area contributed by atoms with Crippen molar-refractivity contribution >= 4 is 22.7 Å². The number of rotatable bonds is 7. The first kappa shape index (κ1) is 21.0. The van der Waals surface area contributed by atoms with E-state index in [4.69, 9.17) is 14.2 Å². The van der Waals surface area contributed by atoms with Crippen molar-refractivity contribution in [3.63, 3.8) is 0 Å². The van der Waals surface area contributed by atoms with Crippen molar-refractivity contribution in [2.24, 2.45) is 0 Å². The average Bonchev–Trinajstić information content (AvgIpc) is 2.72. The molecule has 156 valence electrons. The maximum absolute atomic E-state index is 14.4. The number of nitrogens with zero attached hydrogens (tertiary/aromatic N) is 1. The zero-order chi connectivity index (χ0) is 21.8. The predicted octanol–water partition coefficient (Wildman–Crippen LogP) is 4.07. The van der Waals surface area contributed by atoms with Crippen molar-refractivity contribution in [1.82, 2.24) is 4.98 Å². The van der Waals surface area contributed by atoms with Crippen LogP contribution in [0.3, 0.4) is 0 Å². The Bertz CT molecular complexity index is 1110. The number of hydrogen-bond acceptors (Lipinski definition) is 7. The van der Waals surface area contributed by atoms with Crippen LogP contribution in [0.15, 0.2) is 36.5 Å². The molecule has 0 aliphatic rings. The normalized spacial score (nSPS) is 10.6. The molecule has 0 saturated heterocycles. The summed E-state index contributed by atoms with van der Waals surface area (Å²) in [4.78, 5) is 27.7. The minimum absolute atomic E-state index is 0.0988. The fraction of sp³-hybridized carbons (Fsp3) is 0.190. The monoisotopic (exact) mass is 417 g/mol. The average molecular weight is 417 g/mol. The molecule has 0 fully saturated rings. The summed E-state index contributed by atoms with van der Waals surface area (Å²) in [6.45, 7) is 1.37. The Labute approximate surface area is 170 Å².